The number of hydrogen-bond donors (Lipinski definition) is 1. The molecule has 0 fully saturated rings. The molecule has 0 radical (unpaired) electrons. The van der Waals surface area contributed by atoms with E-state index in [1.165, 1.54) is 12.1 Å². The Bertz CT molecular complexity index is 455. The van der Waals surface area contributed by atoms with Crippen LogP contribution in [-0.4, -0.2) is 28.6 Å². The van der Waals surface area contributed by atoms with Gasteiger partial charge in [-0.2, -0.15) is 13.2 Å². The lowest BCUT2D eigenvalue weighted by Crippen LogP contribution is -2.31. The van der Waals surface area contributed by atoms with E-state index < -0.39 is 17.7 Å². The number of nitrogens with zero attached hydrogens (tertiary/aromatic N) is 1. The van der Waals surface area contributed by atoms with Gasteiger partial charge in [-0.05, 0) is 44.5 Å². The van der Waals surface area contributed by atoms with Crippen molar-refractivity contribution in [1.29, 1.82) is 0 Å². The molecule has 0 spiro atoms. The zero-order valence-corrected chi connectivity index (χ0v) is 12.2. The first-order valence-electron chi connectivity index (χ1n) is 6.82. The molecular weight excluding hydrogens is 283 g/mol. The van der Waals surface area contributed by atoms with Crippen molar-refractivity contribution < 1.29 is 23.1 Å². The molecule has 1 N–H and O–H groups in total. The molecule has 1 aromatic rings. The molecule has 0 heterocycles. The molecule has 0 aliphatic carbocycles. The summed E-state index contributed by atoms with van der Waals surface area (Å²) in [6, 6.07) is 5.28. The van der Waals surface area contributed by atoms with E-state index in [9.17, 15) is 18.0 Å². The van der Waals surface area contributed by atoms with Crippen LogP contribution in [0.1, 0.15) is 37.8 Å². The van der Waals surface area contributed by atoms with Crippen LogP contribution in [0.25, 0.3) is 0 Å². The van der Waals surface area contributed by atoms with Gasteiger partial charge in [0, 0.05) is 19.0 Å². The molecule has 118 valence electrons. The zero-order valence-electron chi connectivity index (χ0n) is 12.2. The average Bonchev–Trinajstić information content (AvgIpc) is 2.36. The van der Waals surface area contributed by atoms with Gasteiger partial charge in [0.1, 0.15) is 0 Å². The van der Waals surface area contributed by atoms with Gasteiger partial charge in [-0.15, -0.1) is 0 Å². The van der Waals surface area contributed by atoms with Crippen LogP contribution in [0.4, 0.5) is 13.2 Å². The highest BCUT2D eigenvalue weighted by Crippen LogP contribution is 2.29. The van der Waals surface area contributed by atoms with E-state index in [4.69, 9.17) is 5.11 Å². The van der Waals surface area contributed by atoms with Gasteiger partial charge in [-0.3, -0.25) is 9.69 Å². The second-order valence-corrected chi connectivity index (χ2v) is 5.26. The van der Waals surface area contributed by atoms with Gasteiger partial charge in [0.15, 0.2) is 0 Å². The number of carboxylic acid groups (broad SMARTS) is 1. The number of halogens is 3. The van der Waals surface area contributed by atoms with Gasteiger partial charge in [0.25, 0.3) is 0 Å². The van der Waals surface area contributed by atoms with Crippen LogP contribution in [-0.2, 0) is 17.5 Å². The highest BCUT2D eigenvalue weighted by molar-refractivity contribution is 5.66. The first-order valence-corrected chi connectivity index (χ1v) is 6.82. The zero-order chi connectivity index (χ0) is 16.0. The van der Waals surface area contributed by atoms with E-state index in [2.05, 4.69) is 0 Å². The molecule has 21 heavy (non-hydrogen) atoms. The smallest absolute Gasteiger partial charge is 0.416 e. The largest absolute Gasteiger partial charge is 0.481 e. The molecule has 0 aliphatic rings. The summed E-state index contributed by atoms with van der Waals surface area (Å²) in [5.41, 5.74) is 0.125. The summed E-state index contributed by atoms with van der Waals surface area (Å²) in [5.74, 6) is -0.840. The van der Waals surface area contributed by atoms with E-state index in [0.717, 1.165) is 17.7 Å². The average molecular weight is 303 g/mol. The maximum atomic E-state index is 12.5. The Morgan fingerprint density at radius 1 is 1.24 bits per heavy atom. The Morgan fingerprint density at radius 2 is 1.81 bits per heavy atom. The first kappa shape index (κ1) is 17.5. The minimum Gasteiger partial charge on any atom is -0.481 e. The summed E-state index contributed by atoms with van der Waals surface area (Å²) in [7, 11) is 0. The molecule has 0 amide bonds. The fourth-order valence-electron chi connectivity index (χ4n) is 1.99. The molecule has 0 aliphatic heterocycles. The summed E-state index contributed by atoms with van der Waals surface area (Å²) >= 11 is 0. The fourth-order valence-corrected chi connectivity index (χ4v) is 1.99. The summed E-state index contributed by atoms with van der Waals surface area (Å²) in [6.45, 7) is 5.07. The van der Waals surface area contributed by atoms with Crippen LogP contribution in [0.2, 0.25) is 0 Å². The van der Waals surface area contributed by atoms with E-state index in [1.54, 1.807) is 0 Å². The highest BCUT2D eigenvalue weighted by Gasteiger charge is 2.29. The van der Waals surface area contributed by atoms with Crippen molar-refractivity contribution in [3.63, 3.8) is 0 Å². The highest BCUT2D eigenvalue weighted by atomic mass is 19.4. The Morgan fingerprint density at radius 3 is 2.24 bits per heavy atom. The molecular formula is C15H20F3NO2. The van der Waals surface area contributed by atoms with Crippen molar-refractivity contribution >= 4 is 5.97 Å². The topological polar surface area (TPSA) is 40.5 Å². The number of benzene rings is 1. The lowest BCUT2D eigenvalue weighted by atomic mass is 10.1. The molecule has 0 aromatic heterocycles. The van der Waals surface area contributed by atoms with Gasteiger partial charge < -0.3 is 5.11 Å². The number of aliphatic carboxylic acids is 1. The maximum Gasteiger partial charge on any atom is 0.416 e. The van der Waals surface area contributed by atoms with E-state index in [1.807, 2.05) is 18.7 Å². The fraction of sp³-hybridized carbons (Fsp3) is 0.533. The monoisotopic (exact) mass is 303 g/mol. The molecule has 0 saturated heterocycles. The van der Waals surface area contributed by atoms with Gasteiger partial charge in [0.05, 0.1) is 5.56 Å². The number of carbonyl (C=O) groups is 1. The Labute approximate surface area is 122 Å². The van der Waals surface area contributed by atoms with Crippen LogP contribution in [0.3, 0.4) is 0 Å². The van der Waals surface area contributed by atoms with Crippen molar-refractivity contribution in [1.82, 2.24) is 4.90 Å². The number of hydrogen-bond acceptors (Lipinski definition) is 2. The van der Waals surface area contributed by atoms with Crippen LogP contribution in [0, 0.1) is 0 Å². The van der Waals surface area contributed by atoms with E-state index in [0.29, 0.717) is 19.5 Å². The third kappa shape index (κ3) is 6.16. The molecule has 6 heteroatoms. The van der Waals surface area contributed by atoms with Gasteiger partial charge in [-0.25, -0.2) is 0 Å². The number of carboxylic acids is 1. The first-order chi connectivity index (χ1) is 9.70. The minimum absolute atomic E-state index is 0.0935. The van der Waals surface area contributed by atoms with Gasteiger partial charge in [-0.1, -0.05) is 12.1 Å². The van der Waals surface area contributed by atoms with Crippen molar-refractivity contribution in [2.24, 2.45) is 0 Å². The van der Waals surface area contributed by atoms with Crippen molar-refractivity contribution in [2.45, 2.75) is 45.5 Å². The van der Waals surface area contributed by atoms with Crippen LogP contribution in [0.5, 0.6) is 0 Å². The number of alkyl halides is 3. The predicted molar refractivity (Wildman–Crippen MR) is 73.9 cm³/mol. The predicted octanol–water partition coefficient (Wildman–Crippen LogP) is 3.78. The van der Waals surface area contributed by atoms with Crippen molar-refractivity contribution in [3.8, 4) is 0 Å². The summed E-state index contributed by atoms with van der Waals surface area (Å²) in [4.78, 5) is 12.6. The Balaban J connectivity index is 2.64. The maximum absolute atomic E-state index is 12.5. The quantitative estimate of drug-likeness (QED) is 0.833. The minimum atomic E-state index is -4.32. The van der Waals surface area contributed by atoms with Crippen LogP contribution in [0.15, 0.2) is 24.3 Å². The van der Waals surface area contributed by atoms with Crippen molar-refractivity contribution in [2.75, 3.05) is 6.54 Å². The third-order valence-corrected chi connectivity index (χ3v) is 3.23. The standard InChI is InChI=1S/C15H20F3NO2/c1-11(2)19(9-3-4-14(20)21)10-12-5-7-13(8-6-12)15(16,17)18/h5-8,11H,3-4,9-10H2,1-2H3,(H,20,21). The summed E-state index contributed by atoms with van der Waals surface area (Å²) < 4.78 is 37.5. The Hall–Kier alpha value is -1.56. The molecule has 0 bridgehead atoms. The molecule has 3 nitrogen and oxygen atoms in total. The molecule has 0 unspecified atom stereocenters. The Kier molecular flexibility index (Phi) is 6.20. The van der Waals surface area contributed by atoms with Gasteiger partial charge >= 0.3 is 12.1 Å². The van der Waals surface area contributed by atoms with Crippen LogP contribution < -0.4 is 0 Å². The molecule has 0 saturated carbocycles. The van der Waals surface area contributed by atoms with Gasteiger partial charge in [0.2, 0.25) is 0 Å². The number of rotatable bonds is 7. The molecule has 1 aromatic carbocycles. The molecule has 1 rings (SSSR count). The summed E-state index contributed by atoms with van der Waals surface area (Å²) in [6.07, 6.45) is -3.71. The van der Waals surface area contributed by atoms with E-state index >= 15 is 0 Å². The summed E-state index contributed by atoms with van der Waals surface area (Å²) in [5, 5.41) is 8.64. The lowest BCUT2D eigenvalue weighted by Gasteiger charge is -2.26. The second kappa shape index (κ2) is 7.45. The normalized spacial score (nSPS) is 12.1. The van der Waals surface area contributed by atoms with Crippen molar-refractivity contribution in [3.05, 3.63) is 35.4 Å². The second-order valence-electron chi connectivity index (χ2n) is 5.26. The third-order valence-electron chi connectivity index (χ3n) is 3.23. The SMILES string of the molecule is CC(C)N(CCCC(=O)O)Cc1ccc(C(F)(F)F)cc1. The van der Waals surface area contributed by atoms with Crippen LogP contribution >= 0.6 is 0 Å². The molecule has 0 atom stereocenters. The van der Waals surface area contributed by atoms with E-state index in [-0.39, 0.29) is 12.5 Å². The lowest BCUT2D eigenvalue weighted by molar-refractivity contribution is -0.138.